The Hall–Kier alpha value is -2.53. The van der Waals surface area contributed by atoms with E-state index in [4.69, 9.17) is 4.74 Å². The standard InChI is InChI=1S/C24H26N2O3/c1-2-23(27)22-10-15(24(28)11-18-19-12-29-13-20(18)19)9-16(26-22)8-14-4-3-5-21-17(14)6-7-25-21/h3-5,9-10,18-20,25H,2,6-8,11-13H2,1H3/t18?,19-,20+. The van der Waals surface area contributed by atoms with Crippen LogP contribution in [0, 0.1) is 17.8 Å². The van der Waals surface area contributed by atoms with Gasteiger partial charge in [-0.1, -0.05) is 19.1 Å². The zero-order chi connectivity index (χ0) is 20.0. The molecule has 2 aromatic rings. The number of carbonyl (C=O) groups excluding carboxylic acids is 2. The minimum absolute atomic E-state index is 0.0162. The van der Waals surface area contributed by atoms with Gasteiger partial charge in [0.15, 0.2) is 11.6 Å². The fraction of sp³-hybridized carbons (Fsp3) is 0.458. The molecule has 1 unspecified atom stereocenters. The van der Waals surface area contributed by atoms with Crippen LogP contribution in [-0.4, -0.2) is 36.3 Å². The van der Waals surface area contributed by atoms with Crippen molar-refractivity contribution in [2.24, 2.45) is 17.8 Å². The molecule has 5 nitrogen and oxygen atoms in total. The molecule has 0 spiro atoms. The second-order valence-corrected chi connectivity index (χ2v) is 8.46. The third-order valence-corrected chi connectivity index (χ3v) is 6.69. The fourth-order valence-corrected chi connectivity index (χ4v) is 4.94. The SMILES string of the molecule is CCC(=O)c1cc(C(=O)CC2[C@H]3COC[C@@H]23)cc(Cc2cccc3c2CCN3)n1. The Morgan fingerprint density at radius 2 is 2.00 bits per heavy atom. The lowest BCUT2D eigenvalue weighted by Gasteiger charge is -2.11. The molecule has 1 saturated carbocycles. The number of nitrogens with one attached hydrogen (secondary N) is 1. The predicted molar refractivity (Wildman–Crippen MR) is 111 cm³/mol. The highest BCUT2D eigenvalue weighted by atomic mass is 16.5. The van der Waals surface area contributed by atoms with E-state index in [2.05, 4.69) is 22.4 Å². The van der Waals surface area contributed by atoms with Crippen LogP contribution in [0.2, 0.25) is 0 Å². The first-order valence-corrected chi connectivity index (χ1v) is 10.6. The first kappa shape index (κ1) is 18.5. The molecule has 1 aliphatic carbocycles. The number of aromatic nitrogens is 1. The maximum Gasteiger partial charge on any atom is 0.180 e. The number of fused-ring (bicyclic) bond motifs is 2. The van der Waals surface area contributed by atoms with Gasteiger partial charge in [0.2, 0.25) is 0 Å². The average molecular weight is 390 g/mol. The predicted octanol–water partition coefficient (Wildman–Crippen LogP) is 3.70. The Kier molecular flexibility index (Phi) is 4.70. The van der Waals surface area contributed by atoms with Crippen LogP contribution >= 0.6 is 0 Å². The van der Waals surface area contributed by atoms with Crippen LogP contribution in [-0.2, 0) is 17.6 Å². The lowest BCUT2D eigenvalue weighted by atomic mass is 9.97. The Morgan fingerprint density at radius 1 is 1.17 bits per heavy atom. The second-order valence-electron chi connectivity index (χ2n) is 8.46. The molecule has 2 aliphatic heterocycles. The third-order valence-electron chi connectivity index (χ3n) is 6.69. The summed E-state index contributed by atoms with van der Waals surface area (Å²) in [5.41, 5.74) is 5.56. The summed E-state index contributed by atoms with van der Waals surface area (Å²) in [7, 11) is 0. The van der Waals surface area contributed by atoms with Gasteiger partial charge in [-0.05, 0) is 53.5 Å². The lowest BCUT2D eigenvalue weighted by molar-refractivity contribution is 0.0950. The maximum absolute atomic E-state index is 13.0. The van der Waals surface area contributed by atoms with Crippen LogP contribution < -0.4 is 5.32 Å². The molecule has 3 atom stereocenters. The molecule has 5 heteroatoms. The van der Waals surface area contributed by atoms with Crippen LogP contribution in [0.4, 0.5) is 5.69 Å². The van der Waals surface area contributed by atoms with E-state index in [0.29, 0.717) is 48.3 Å². The van der Waals surface area contributed by atoms with Gasteiger partial charge in [-0.25, -0.2) is 4.98 Å². The molecule has 29 heavy (non-hydrogen) atoms. The van der Waals surface area contributed by atoms with Crippen molar-refractivity contribution in [3.63, 3.8) is 0 Å². The number of nitrogens with zero attached hydrogens (tertiary/aromatic N) is 1. The minimum atomic E-state index is -0.0162. The van der Waals surface area contributed by atoms with E-state index in [9.17, 15) is 9.59 Å². The summed E-state index contributed by atoms with van der Waals surface area (Å²) in [5.74, 6) is 1.66. The molecule has 0 amide bonds. The number of ketones is 2. The normalized spacial score (nSPS) is 24.0. The quantitative estimate of drug-likeness (QED) is 0.730. The van der Waals surface area contributed by atoms with Gasteiger partial charge in [0.1, 0.15) is 5.69 Å². The Balaban J connectivity index is 1.42. The first-order valence-electron chi connectivity index (χ1n) is 10.6. The summed E-state index contributed by atoms with van der Waals surface area (Å²) >= 11 is 0. The van der Waals surface area contributed by atoms with Crippen molar-refractivity contribution in [2.45, 2.75) is 32.6 Å². The average Bonchev–Trinajstić information content (AvgIpc) is 3.14. The third kappa shape index (κ3) is 3.48. The van der Waals surface area contributed by atoms with Crippen molar-refractivity contribution in [3.05, 3.63) is 58.4 Å². The van der Waals surface area contributed by atoms with E-state index in [-0.39, 0.29) is 11.6 Å². The van der Waals surface area contributed by atoms with Crippen LogP contribution in [0.15, 0.2) is 30.3 Å². The lowest BCUT2D eigenvalue weighted by Crippen LogP contribution is -2.11. The molecule has 1 aromatic carbocycles. The van der Waals surface area contributed by atoms with Crippen molar-refractivity contribution in [1.29, 1.82) is 0 Å². The van der Waals surface area contributed by atoms with Gasteiger partial charge in [0.25, 0.3) is 0 Å². The van der Waals surface area contributed by atoms with Gasteiger partial charge in [-0.3, -0.25) is 9.59 Å². The van der Waals surface area contributed by atoms with Crippen LogP contribution in [0.3, 0.4) is 0 Å². The molecular weight excluding hydrogens is 364 g/mol. The highest BCUT2D eigenvalue weighted by Crippen LogP contribution is 2.52. The van der Waals surface area contributed by atoms with Gasteiger partial charge >= 0.3 is 0 Å². The number of rotatable bonds is 7. The molecule has 150 valence electrons. The zero-order valence-electron chi connectivity index (χ0n) is 16.7. The maximum atomic E-state index is 13.0. The van der Waals surface area contributed by atoms with Crippen LogP contribution in [0.25, 0.3) is 0 Å². The molecule has 0 bridgehead atoms. The Morgan fingerprint density at radius 3 is 2.79 bits per heavy atom. The molecule has 1 aromatic heterocycles. The number of carbonyl (C=O) groups is 2. The molecule has 0 radical (unpaired) electrons. The first-order chi connectivity index (χ1) is 14.1. The second kappa shape index (κ2) is 7.38. The van der Waals surface area contributed by atoms with Gasteiger partial charge in [0, 0.05) is 42.8 Å². The number of hydrogen-bond donors (Lipinski definition) is 1. The highest BCUT2D eigenvalue weighted by molar-refractivity contribution is 6.00. The summed E-state index contributed by atoms with van der Waals surface area (Å²) < 4.78 is 5.44. The zero-order valence-corrected chi connectivity index (χ0v) is 16.7. The van der Waals surface area contributed by atoms with E-state index in [1.807, 2.05) is 19.1 Å². The molecule has 2 fully saturated rings. The van der Waals surface area contributed by atoms with E-state index in [1.54, 1.807) is 6.07 Å². The van der Waals surface area contributed by atoms with Crippen molar-refractivity contribution in [3.8, 4) is 0 Å². The summed E-state index contributed by atoms with van der Waals surface area (Å²) in [6, 6.07) is 9.86. The largest absolute Gasteiger partial charge is 0.384 e. The molecule has 1 saturated heterocycles. The highest BCUT2D eigenvalue weighted by Gasteiger charge is 2.54. The fourth-order valence-electron chi connectivity index (χ4n) is 4.94. The van der Waals surface area contributed by atoms with Crippen molar-refractivity contribution in [1.82, 2.24) is 4.98 Å². The van der Waals surface area contributed by atoms with Crippen LogP contribution in [0.5, 0.6) is 0 Å². The van der Waals surface area contributed by atoms with Crippen molar-refractivity contribution < 1.29 is 14.3 Å². The molecular formula is C24H26N2O3. The summed E-state index contributed by atoms with van der Waals surface area (Å²) in [6.07, 6.45) is 2.57. The number of anilines is 1. The number of Topliss-reactive ketones (excluding diaryl/α,β-unsaturated/α-hetero) is 2. The van der Waals surface area contributed by atoms with Crippen molar-refractivity contribution in [2.75, 3.05) is 25.1 Å². The minimum Gasteiger partial charge on any atom is -0.384 e. The number of pyridine rings is 1. The summed E-state index contributed by atoms with van der Waals surface area (Å²) in [6.45, 7) is 4.36. The Bertz CT molecular complexity index is 974. The van der Waals surface area contributed by atoms with E-state index >= 15 is 0 Å². The molecule has 3 heterocycles. The van der Waals surface area contributed by atoms with E-state index < -0.39 is 0 Å². The molecule has 5 rings (SSSR count). The number of ether oxygens (including phenoxy) is 1. The van der Waals surface area contributed by atoms with Crippen molar-refractivity contribution >= 4 is 17.3 Å². The van der Waals surface area contributed by atoms with Gasteiger partial charge in [-0.2, -0.15) is 0 Å². The van der Waals surface area contributed by atoms with Gasteiger partial charge < -0.3 is 10.1 Å². The van der Waals surface area contributed by atoms with E-state index in [1.165, 1.54) is 16.8 Å². The molecule has 3 aliphatic rings. The number of hydrogen-bond acceptors (Lipinski definition) is 5. The monoisotopic (exact) mass is 390 g/mol. The number of benzene rings is 1. The van der Waals surface area contributed by atoms with Gasteiger partial charge in [-0.15, -0.1) is 0 Å². The van der Waals surface area contributed by atoms with E-state index in [0.717, 1.165) is 31.9 Å². The topological polar surface area (TPSA) is 68.3 Å². The summed E-state index contributed by atoms with van der Waals surface area (Å²) in [5, 5.41) is 3.40. The molecule has 1 N–H and O–H groups in total. The smallest absolute Gasteiger partial charge is 0.180 e. The Labute approximate surface area is 170 Å². The summed E-state index contributed by atoms with van der Waals surface area (Å²) in [4.78, 5) is 30.0. The van der Waals surface area contributed by atoms with Gasteiger partial charge in [0.05, 0.1) is 13.2 Å². The van der Waals surface area contributed by atoms with Crippen LogP contribution in [0.1, 0.15) is 57.4 Å².